The van der Waals surface area contributed by atoms with Gasteiger partial charge in [-0.25, -0.2) is 9.18 Å². The van der Waals surface area contributed by atoms with E-state index in [0.717, 1.165) is 6.07 Å². The topological polar surface area (TPSA) is 66.4 Å². The Labute approximate surface area is 106 Å². The van der Waals surface area contributed by atoms with Gasteiger partial charge in [0.25, 0.3) is 0 Å². The fourth-order valence-corrected chi connectivity index (χ4v) is 1.83. The highest BCUT2D eigenvalue weighted by Gasteiger charge is 2.38. The molecule has 6 heteroatoms. The molecule has 0 fully saturated rings. The second-order valence-electron chi connectivity index (χ2n) is 3.74. The van der Waals surface area contributed by atoms with E-state index in [-0.39, 0.29) is 5.56 Å². The second-order valence-corrected chi connectivity index (χ2v) is 4.65. The number of carbonyl (C=O) groups is 2. The van der Waals surface area contributed by atoms with E-state index in [1.54, 1.807) is 0 Å². The predicted molar refractivity (Wildman–Crippen MR) is 62.9 cm³/mol. The van der Waals surface area contributed by atoms with E-state index in [1.807, 2.05) is 0 Å². The molecule has 2 N–H and O–H groups in total. The number of carboxylic acids is 1. The second kappa shape index (κ2) is 4.83. The van der Waals surface area contributed by atoms with Gasteiger partial charge in [0.1, 0.15) is 5.82 Å². The summed E-state index contributed by atoms with van der Waals surface area (Å²) in [7, 11) is 0. The van der Waals surface area contributed by atoms with Crippen LogP contribution in [0.25, 0.3) is 0 Å². The van der Waals surface area contributed by atoms with Crippen LogP contribution in [-0.4, -0.2) is 17.0 Å². The first-order valence-electron chi connectivity index (χ1n) is 4.75. The van der Waals surface area contributed by atoms with Crippen molar-refractivity contribution in [3.63, 3.8) is 0 Å². The molecule has 0 saturated carbocycles. The summed E-state index contributed by atoms with van der Waals surface area (Å²) in [5, 5.41) is 11.4. The molecule has 0 saturated heterocycles. The van der Waals surface area contributed by atoms with E-state index in [0.29, 0.717) is 4.47 Å². The number of hydrogen-bond acceptors (Lipinski definition) is 2. The lowest BCUT2D eigenvalue weighted by Crippen LogP contribution is -2.49. The third kappa shape index (κ3) is 2.82. The summed E-state index contributed by atoms with van der Waals surface area (Å²) >= 11 is 3.13. The van der Waals surface area contributed by atoms with Gasteiger partial charge in [0.15, 0.2) is 5.54 Å². The maximum Gasteiger partial charge on any atom is 0.333 e. The Balaban J connectivity index is 3.36. The maximum absolute atomic E-state index is 13.6. The van der Waals surface area contributed by atoms with Gasteiger partial charge >= 0.3 is 5.97 Å². The molecule has 1 aromatic rings. The number of hydrogen-bond donors (Lipinski definition) is 2. The molecule has 0 aliphatic heterocycles. The summed E-state index contributed by atoms with van der Waals surface area (Å²) in [4.78, 5) is 22.2. The first-order valence-corrected chi connectivity index (χ1v) is 5.54. The Morgan fingerprint density at radius 1 is 1.47 bits per heavy atom. The molecule has 0 heterocycles. The van der Waals surface area contributed by atoms with Crippen molar-refractivity contribution in [2.24, 2.45) is 0 Å². The summed E-state index contributed by atoms with van der Waals surface area (Å²) < 4.78 is 14.2. The van der Waals surface area contributed by atoms with Crippen molar-refractivity contribution in [3.05, 3.63) is 34.1 Å². The minimum absolute atomic E-state index is 0.102. The van der Waals surface area contributed by atoms with Crippen LogP contribution in [-0.2, 0) is 15.1 Å². The Hall–Kier alpha value is -1.43. The van der Waals surface area contributed by atoms with E-state index in [9.17, 15) is 14.0 Å². The van der Waals surface area contributed by atoms with Gasteiger partial charge in [-0.05, 0) is 25.1 Å². The molecule has 1 rings (SSSR count). The molecule has 0 aliphatic rings. The quantitative estimate of drug-likeness (QED) is 0.898. The van der Waals surface area contributed by atoms with Gasteiger partial charge in [-0.1, -0.05) is 15.9 Å². The number of rotatable bonds is 3. The smallest absolute Gasteiger partial charge is 0.333 e. The van der Waals surface area contributed by atoms with Crippen LogP contribution >= 0.6 is 15.9 Å². The summed E-state index contributed by atoms with van der Waals surface area (Å²) in [6.07, 6.45) is 0. The van der Waals surface area contributed by atoms with Crippen molar-refractivity contribution in [2.45, 2.75) is 19.4 Å². The molecular formula is C11H11BrFNO3. The third-order valence-corrected chi connectivity index (χ3v) is 2.81. The molecule has 0 aliphatic carbocycles. The summed E-state index contributed by atoms with van der Waals surface area (Å²) in [5.74, 6) is -2.56. The van der Waals surface area contributed by atoms with Gasteiger partial charge in [0.2, 0.25) is 5.91 Å². The molecule has 4 nitrogen and oxygen atoms in total. The normalized spacial score (nSPS) is 13.9. The first kappa shape index (κ1) is 13.6. The van der Waals surface area contributed by atoms with Gasteiger partial charge in [-0.3, -0.25) is 4.79 Å². The average Bonchev–Trinajstić information content (AvgIpc) is 2.20. The Morgan fingerprint density at radius 2 is 2.06 bits per heavy atom. The molecular weight excluding hydrogens is 293 g/mol. The van der Waals surface area contributed by atoms with Crippen molar-refractivity contribution in [1.82, 2.24) is 5.32 Å². The number of halogens is 2. The number of benzene rings is 1. The van der Waals surface area contributed by atoms with Crippen LogP contribution in [0.3, 0.4) is 0 Å². The first-order chi connectivity index (χ1) is 7.77. The van der Waals surface area contributed by atoms with Crippen LogP contribution in [0.15, 0.2) is 22.7 Å². The number of aliphatic carboxylic acids is 1. The van der Waals surface area contributed by atoms with E-state index in [1.165, 1.54) is 26.0 Å². The highest BCUT2D eigenvalue weighted by molar-refractivity contribution is 9.10. The Kier molecular flexibility index (Phi) is 3.87. The molecule has 1 aromatic carbocycles. The van der Waals surface area contributed by atoms with Gasteiger partial charge < -0.3 is 10.4 Å². The third-order valence-electron chi connectivity index (χ3n) is 2.32. The number of amides is 1. The van der Waals surface area contributed by atoms with Crippen LogP contribution in [0.5, 0.6) is 0 Å². The lowest BCUT2D eigenvalue weighted by atomic mass is 9.91. The zero-order valence-electron chi connectivity index (χ0n) is 9.25. The number of carboxylic acid groups (broad SMARTS) is 1. The maximum atomic E-state index is 13.6. The van der Waals surface area contributed by atoms with Crippen LogP contribution in [0.1, 0.15) is 19.4 Å². The minimum Gasteiger partial charge on any atom is -0.479 e. The number of carbonyl (C=O) groups excluding carboxylic acids is 1. The highest BCUT2D eigenvalue weighted by Crippen LogP contribution is 2.27. The van der Waals surface area contributed by atoms with Gasteiger partial charge in [0, 0.05) is 17.0 Å². The number of nitrogens with one attached hydrogen (secondary N) is 1. The fourth-order valence-electron chi connectivity index (χ4n) is 1.47. The summed E-state index contributed by atoms with van der Waals surface area (Å²) in [6, 6.07) is 3.93. The van der Waals surface area contributed by atoms with Crippen LogP contribution in [0.2, 0.25) is 0 Å². The molecule has 0 bridgehead atoms. The molecule has 0 radical (unpaired) electrons. The zero-order chi connectivity index (χ0) is 13.2. The van der Waals surface area contributed by atoms with Crippen molar-refractivity contribution < 1.29 is 19.1 Å². The monoisotopic (exact) mass is 303 g/mol. The molecule has 92 valence electrons. The van der Waals surface area contributed by atoms with Gasteiger partial charge in [0.05, 0.1) is 0 Å². The lowest BCUT2D eigenvalue weighted by molar-refractivity contribution is -0.147. The lowest BCUT2D eigenvalue weighted by Gasteiger charge is -2.26. The summed E-state index contributed by atoms with van der Waals surface area (Å²) in [5.41, 5.74) is -1.89. The molecule has 1 atom stereocenters. The Bertz CT molecular complexity index is 478. The Morgan fingerprint density at radius 3 is 2.53 bits per heavy atom. The van der Waals surface area contributed by atoms with E-state index in [4.69, 9.17) is 5.11 Å². The van der Waals surface area contributed by atoms with Crippen LogP contribution in [0, 0.1) is 5.82 Å². The zero-order valence-corrected chi connectivity index (χ0v) is 10.8. The van der Waals surface area contributed by atoms with Crippen molar-refractivity contribution in [2.75, 3.05) is 0 Å². The molecule has 17 heavy (non-hydrogen) atoms. The van der Waals surface area contributed by atoms with E-state index >= 15 is 0 Å². The highest BCUT2D eigenvalue weighted by atomic mass is 79.9. The van der Waals surface area contributed by atoms with E-state index < -0.39 is 23.2 Å². The fraction of sp³-hybridized carbons (Fsp3) is 0.273. The molecule has 0 spiro atoms. The van der Waals surface area contributed by atoms with Crippen LogP contribution in [0.4, 0.5) is 4.39 Å². The minimum atomic E-state index is -1.79. The van der Waals surface area contributed by atoms with Crippen LogP contribution < -0.4 is 5.32 Å². The SMILES string of the molecule is CC(=O)NC(C)(C(=O)O)c1cc(Br)ccc1F. The van der Waals surface area contributed by atoms with Gasteiger partial charge in [-0.2, -0.15) is 0 Å². The van der Waals surface area contributed by atoms with Crippen molar-refractivity contribution >= 4 is 27.8 Å². The summed E-state index contributed by atoms with van der Waals surface area (Å²) in [6.45, 7) is 2.42. The largest absolute Gasteiger partial charge is 0.479 e. The van der Waals surface area contributed by atoms with Gasteiger partial charge in [-0.15, -0.1) is 0 Å². The standard InChI is InChI=1S/C11H11BrFNO3/c1-6(15)14-11(2,10(16)17)8-5-7(12)3-4-9(8)13/h3-5H,1-2H3,(H,14,15)(H,16,17). The van der Waals surface area contributed by atoms with Crippen molar-refractivity contribution in [1.29, 1.82) is 0 Å². The molecule has 0 aromatic heterocycles. The predicted octanol–water partition coefficient (Wildman–Crippen LogP) is 2.02. The van der Waals surface area contributed by atoms with E-state index in [2.05, 4.69) is 21.2 Å². The average molecular weight is 304 g/mol. The molecule has 1 amide bonds. The van der Waals surface area contributed by atoms with Crippen molar-refractivity contribution in [3.8, 4) is 0 Å². The molecule has 1 unspecified atom stereocenters.